The molecule has 0 amide bonds. The highest BCUT2D eigenvalue weighted by atomic mass is 28.4. The van der Waals surface area contributed by atoms with Gasteiger partial charge in [-0.05, 0) is 47.2 Å². The van der Waals surface area contributed by atoms with Crippen LogP contribution in [0.2, 0.25) is 5.04 Å². The Morgan fingerprint density at radius 2 is 1.51 bits per heavy atom. The lowest BCUT2D eigenvalue weighted by Crippen LogP contribution is -2.66. The maximum absolute atomic E-state index is 7.08. The Morgan fingerprint density at radius 1 is 0.914 bits per heavy atom. The molecule has 1 aromatic heterocycles. The van der Waals surface area contributed by atoms with Crippen molar-refractivity contribution in [2.24, 2.45) is 0 Å². The Bertz CT molecular complexity index is 1030. The second-order valence-corrected chi connectivity index (χ2v) is 14.8. The topological polar surface area (TPSA) is 44.2 Å². The molecule has 0 spiro atoms. The van der Waals surface area contributed by atoms with Gasteiger partial charge in [-0.15, -0.1) is 6.58 Å². The van der Waals surface area contributed by atoms with Crippen LogP contribution in [-0.2, 0) is 15.8 Å². The number of ether oxygens (including phenoxy) is 1. The van der Waals surface area contributed by atoms with Crippen molar-refractivity contribution in [1.82, 2.24) is 9.97 Å². The molecule has 1 aliphatic carbocycles. The molecular weight excluding hydrogens is 448 g/mol. The number of benzene rings is 2. The predicted molar refractivity (Wildman–Crippen MR) is 146 cm³/mol. The van der Waals surface area contributed by atoms with Crippen molar-refractivity contribution in [2.45, 2.75) is 70.1 Å². The zero-order chi connectivity index (χ0) is 24.7. The smallest absolute Gasteiger partial charge is 0.261 e. The van der Waals surface area contributed by atoms with Crippen molar-refractivity contribution in [3.8, 4) is 0 Å². The van der Waals surface area contributed by atoms with Gasteiger partial charge in [-0.2, -0.15) is 0 Å². The van der Waals surface area contributed by atoms with E-state index in [2.05, 4.69) is 93.0 Å². The van der Waals surface area contributed by atoms with E-state index in [9.17, 15) is 0 Å². The third-order valence-electron chi connectivity index (χ3n) is 7.07. The normalized spacial score (nSPS) is 18.8. The van der Waals surface area contributed by atoms with Gasteiger partial charge in [0.05, 0.1) is 25.0 Å². The molecule has 4 nitrogen and oxygen atoms in total. The molecule has 184 valence electrons. The fourth-order valence-corrected chi connectivity index (χ4v) is 9.85. The van der Waals surface area contributed by atoms with Crippen molar-refractivity contribution in [1.29, 1.82) is 0 Å². The summed E-state index contributed by atoms with van der Waals surface area (Å²) in [5.41, 5.74) is 0.952. The van der Waals surface area contributed by atoms with Gasteiger partial charge in [-0.1, -0.05) is 87.5 Å². The molecule has 0 unspecified atom stereocenters. The Morgan fingerprint density at radius 3 is 2.06 bits per heavy atom. The first kappa shape index (κ1) is 25.5. The summed E-state index contributed by atoms with van der Waals surface area (Å²) in [5.74, 6) is 1.32. The predicted octanol–water partition coefficient (Wildman–Crippen LogP) is 5.78. The SMILES string of the molecule is C=CCOC1CCC(c2nccc(CO[Si](c3ccccc3)(c3ccccc3)C(C)(C)C)n2)CC1. The molecule has 0 N–H and O–H groups in total. The third-order valence-corrected chi connectivity index (χ3v) is 12.1. The highest BCUT2D eigenvalue weighted by molar-refractivity contribution is 6.99. The molecule has 35 heavy (non-hydrogen) atoms. The highest BCUT2D eigenvalue weighted by Crippen LogP contribution is 2.37. The fourth-order valence-electron chi connectivity index (χ4n) is 5.33. The maximum atomic E-state index is 7.08. The van der Waals surface area contributed by atoms with E-state index in [-0.39, 0.29) is 5.04 Å². The van der Waals surface area contributed by atoms with E-state index in [1.54, 1.807) is 0 Å². The fraction of sp³-hybridized carbons (Fsp3) is 0.400. The number of rotatable bonds is 9. The summed E-state index contributed by atoms with van der Waals surface area (Å²) in [7, 11) is -2.60. The van der Waals surface area contributed by atoms with Crippen LogP contribution in [0.1, 0.15) is 63.9 Å². The maximum Gasteiger partial charge on any atom is 0.261 e. The van der Waals surface area contributed by atoms with Crippen molar-refractivity contribution < 1.29 is 9.16 Å². The molecule has 3 aromatic rings. The molecular formula is C30H38N2O2Si. The molecule has 5 heteroatoms. The minimum atomic E-state index is -2.60. The van der Waals surface area contributed by atoms with Crippen LogP contribution in [0.5, 0.6) is 0 Å². The van der Waals surface area contributed by atoms with Crippen LogP contribution in [0, 0.1) is 0 Å². The molecule has 2 aromatic carbocycles. The summed E-state index contributed by atoms with van der Waals surface area (Å²) >= 11 is 0. The van der Waals surface area contributed by atoms with Gasteiger partial charge in [-0.3, -0.25) is 0 Å². The van der Waals surface area contributed by atoms with Gasteiger partial charge in [0, 0.05) is 12.1 Å². The number of hydrogen-bond donors (Lipinski definition) is 0. The molecule has 1 fully saturated rings. The largest absolute Gasteiger partial charge is 0.401 e. The zero-order valence-electron chi connectivity index (χ0n) is 21.3. The van der Waals surface area contributed by atoms with Crippen molar-refractivity contribution >= 4 is 18.7 Å². The van der Waals surface area contributed by atoms with Crippen LogP contribution in [0.25, 0.3) is 0 Å². The van der Waals surface area contributed by atoms with Crippen LogP contribution in [0.4, 0.5) is 0 Å². The minimum Gasteiger partial charge on any atom is -0.401 e. The number of nitrogens with zero attached hydrogens (tertiary/aromatic N) is 2. The average Bonchev–Trinajstić information content (AvgIpc) is 2.89. The van der Waals surface area contributed by atoms with E-state index in [1.807, 2.05) is 18.3 Å². The number of aromatic nitrogens is 2. The van der Waals surface area contributed by atoms with Gasteiger partial charge in [0.2, 0.25) is 0 Å². The van der Waals surface area contributed by atoms with E-state index < -0.39 is 8.32 Å². The van der Waals surface area contributed by atoms with Gasteiger partial charge in [0.1, 0.15) is 5.82 Å². The van der Waals surface area contributed by atoms with Crippen LogP contribution in [0.15, 0.2) is 85.6 Å². The summed E-state index contributed by atoms with van der Waals surface area (Å²) in [6, 6.07) is 23.5. The van der Waals surface area contributed by atoms with Crippen LogP contribution >= 0.6 is 0 Å². The summed E-state index contributed by atoms with van der Waals surface area (Å²) < 4.78 is 12.9. The van der Waals surface area contributed by atoms with E-state index in [0.29, 0.717) is 25.2 Å². The van der Waals surface area contributed by atoms with Gasteiger partial charge >= 0.3 is 0 Å². The van der Waals surface area contributed by atoms with E-state index >= 15 is 0 Å². The molecule has 0 radical (unpaired) electrons. The third kappa shape index (κ3) is 5.80. The lowest BCUT2D eigenvalue weighted by Gasteiger charge is -2.43. The second-order valence-electron chi connectivity index (χ2n) is 10.5. The van der Waals surface area contributed by atoms with Crippen LogP contribution in [-0.4, -0.2) is 31.0 Å². The summed E-state index contributed by atoms with van der Waals surface area (Å²) in [6.45, 7) is 11.8. The summed E-state index contributed by atoms with van der Waals surface area (Å²) in [6.07, 6.45) is 8.25. The first-order chi connectivity index (χ1) is 16.9. The monoisotopic (exact) mass is 486 g/mol. The Labute approximate surface area is 211 Å². The molecule has 4 rings (SSSR count). The Balaban J connectivity index is 1.57. The molecule has 1 aliphatic rings. The van der Waals surface area contributed by atoms with Crippen LogP contribution < -0.4 is 10.4 Å². The lowest BCUT2D eigenvalue weighted by atomic mass is 9.87. The van der Waals surface area contributed by atoms with Crippen LogP contribution in [0.3, 0.4) is 0 Å². The standard InChI is InChI=1S/C30H38N2O2Si/c1-5-22-33-26-18-16-24(17-19-26)29-31-21-20-25(32-29)23-34-35(30(2,3)4,27-12-8-6-9-13-27)28-14-10-7-11-15-28/h5-15,20-21,24,26H,1,16-19,22-23H2,2-4H3. The van der Waals surface area contributed by atoms with Crippen molar-refractivity contribution in [2.75, 3.05) is 6.61 Å². The summed E-state index contributed by atoms with van der Waals surface area (Å²) in [5, 5.41) is 2.51. The average molecular weight is 487 g/mol. The Hall–Kier alpha value is -2.60. The van der Waals surface area contributed by atoms with Crippen molar-refractivity contribution in [3.63, 3.8) is 0 Å². The van der Waals surface area contributed by atoms with Gasteiger partial charge in [0.15, 0.2) is 0 Å². The van der Waals surface area contributed by atoms with E-state index in [4.69, 9.17) is 14.1 Å². The lowest BCUT2D eigenvalue weighted by molar-refractivity contribution is 0.0417. The first-order valence-electron chi connectivity index (χ1n) is 12.7. The Kier molecular flexibility index (Phi) is 8.32. The molecule has 1 heterocycles. The van der Waals surface area contributed by atoms with Gasteiger partial charge in [0.25, 0.3) is 8.32 Å². The molecule has 0 bridgehead atoms. The highest BCUT2D eigenvalue weighted by Gasteiger charge is 2.50. The number of hydrogen-bond acceptors (Lipinski definition) is 4. The van der Waals surface area contributed by atoms with Gasteiger partial charge < -0.3 is 9.16 Å². The summed E-state index contributed by atoms with van der Waals surface area (Å²) in [4.78, 5) is 9.63. The second kappa shape index (κ2) is 11.4. The molecule has 0 aliphatic heterocycles. The molecule has 0 atom stereocenters. The van der Waals surface area contributed by atoms with E-state index in [0.717, 1.165) is 37.2 Å². The van der Waals surface area contributed by atoms with Crippen molar-refractivity contribution in [3.05, 3.63) is 97.1 Å². The van der Waals surface area contributed by atoms with Gasteiger partial charge in [-0.25, -0.2) is 9.97 Å². The quantitative estimate of drug-likeness (QED) is 0.284. The first-order valence-corrected chi connectivity index (χ1v) is 14.6. The molecule has 1 saturated carbocycles. The molecule has 0 saturated heterocycles. The minimum absolute atomic E-state index is 0.0601. The van der Waals surface area contributed by atoms with E-state index in [1.165, 1.54) is 10.4 Å². The zero-order valence-corrected chi connectivity index (χ0v) is 22.3.